The third kappa shape index (κ3) is 4.39. The van der Waals surface area contributed by atoms with Gasteiger partial charge in [-0.2, -0.15) is 0 Å². The maximum absolute atomic E-state index is 12.0. The van der Waals surface area contributed by atoms with Crippen LogP contribution in [-0.2, 0) is 14.1 Å². The van der Waals surface area contributed by atoms with Crippen LogP contribution in [0.25, 0.3) is 0 Å². The average molecular weight is 391 g/mol. The lowest BCUT2D eigenvalue weighted by Gasteiger charge is -2.36. The van der Waals surface area contributed by atoms with E-state index in [-0.39, 0.29) is 11.2 Å². The van der Waals surface area contributed by atoms with E-state index in [1.54, 1.807) is 19.2 Å². The van der Waals surface area contributed by atoms with Crippen LogP contribution in [-0.4, -0.2) is 60.3 Å². The van der Waals surface area contributed by atoms with E-state index in [4.69, 9.17) is 8.85 Å². The summed E-state index contributed by atoms with van der Waals surface area (Å²) in [5.41, 5.74) is 0.116. The molecule has 0 spiro atoms. The Bertz CT molecular complexity index is 1010. The molecule has 1 saturated heterocycles. The molecule has 1 N–H and O–H groups in total. The molecule has 8 nitrogen and oxygen atoms in total. The first-order chi connectivity index (χ1) is 14.7. The van der Waals surface area contributed by atoms with Gasteiger partial charge in [0.05, 0.1) is 16.8 Å². The second-order valence-corrected chi connectivity index (χ2v) is 6.95. The molecule has 1 aliphatic rings. The predicted molar refractivity (Wildman–Crippen MR) is 112 cm³/mol. The third-order valence-corrected chi connectivity index (χ3v) is 5.17. The number of piperazine rings is 1. The van der Waals surface area contributed by atoms with Gasteiger partial charge in [0.1, 0.15) is 11.6 Å². The van der Waals surface area contributed by atoms with Gasteiger partial charge in [-0.3, -0.25) is 18.8 Å². The van der Waals surface area contributed by atoms with E-state index < -0.39 is 7.04 Å². The van der Waals surface area contributed by atoms with E-state index in [2.05, 4.69) is 15.1 Å². The van der Waals surface area contributed by atoms with Gasteiger partial charge < -0.3 is 15.0 Å². The fourth-order valence-electron chi connectivity index (χ4n) is 3.44. The molecule has 0 radical (unpaired) electrons. The number of methoxy groups -OCH3 is 1. The molecule has 0 atom stereocenters. The second kappa shape index (κ2) is 8.97. The quantitative estimate of drug-likeness (QED) is 0.703. The summed E-state index contributed by atoms with van der Waals surface area (Å²) in [4.78, 5) is 28.3. The van der Waals surface area contributed by atoms with Crippen LogP contribution in [0.2, 0.25) is 0 Å². The number of nitrogens with one attached hydrogen (secondary N) is 1. The third-order valence-electron chi connectivity index (χ3n) is 5.17. The van der Waals surface area contributed by atoms with Crippen molar-refractivity contribution in [3.05, 3.63) is 51.2 Å². The minimum Gasteiger partial charge on any atom is -0.495 e. The van der Waals surface area contributed by atoms with Crippen LogP contribution in [0.3, 0.4) is 0 Å². The highest BCUT2D eigenvalue weighted by Gasteiger charge is 2.19. The maximum atomic E-state index is 12.0. The van der Waals surface area contributed by atoms with Crippen LogP contribution in [0.1, 0.15) is 10.5 Å². The van der Waals surface area contributed by atoms with Crippen LogP contribution < -0.4 is 26.2 Å². The van der Waals surface area contributed by atoms with Crippen molar-refractivity contribution >= 4 is 11.5 Å². The fraction of sp³-hybridized carbons (Fsp3) is 0.500. The van der Waals surface area contributed by atoms with Crippen molar-refractivity contribution in [2.24, 2.45) is 14.1 Å². The molecule has 1 aromatic carbocycles. The molecule has 2 heterocycles. The van der Waals surface area contributed by atoms with E-state index in [0.29, 0.717) is 18.1 Å². The second-order valence-electron chi connectivity index (χ2n) is 6.95. The van der Waals surface area contributed by atoms with Gasteiger partial charge >= 0.3 is 5.69 Å². The summed E-state index contributed by atoms with van der Waals surface area (Å²) in [6.45, 7) is 4.79. The Morgan fingerprint density at radius 2 is 1.86 bits per heavy atom. The molecule has 1 aromatic heterocycles. The normalized spacial score (nSPS) is 16.9. The monoisotopic (exact) mass is 390 g/mol. The van der Waals surface area contributed by atoms with Crippen molar-refractivity contribution in [1.82, 2.24) is 14.0 Å². The molecule has 1 fully saturated rings. The van der Waals surface area contributed by atoms with Gasteiger partial charge in [-0.1, -0.05) is 12.1 Å². The SMILES string of the molecule is [2H]C([2H])([2H])Oc1ccccc1N1CCN(CCCNc2cc(=O)n(C)c(=O)n2C)CC1. The molecule has 0 unspecified atom stereocenters. The summed E-state index contributed by atoms with van der Waals surface area (Å²) in [6.07, 6.45) is 0.863. The summed E-state index contributed by atoms with van der Waals surface area (Å²) >= 11 is 0. The molecular weight excluding hydrogens is 358 g/mol. The Hall–Kier alpha value is -2.74. The molecule has 0 amide bonds. The number of hydrogen-bond donors (Lipinski definition) is 1. The minimum atomic E-state index is -2.47. The Morgan fingerprint density at radius 3 is 2.61 bits per heavy atom. The number of nitrogens with zero attached hydrogens (tertiary/aromatic N) is 4. The van der Waals surface area contributed by atoms with Crippen LogP contribution in [0, 0.1) is 0 Å². The topological polar surface area (TPSA) is 71.7 Å². The molecule has 3 rings (SSSR count). The smallest absolute Gasteiger partial charge is 0.332 e. The lowest BCUT2D eigenvalue weighted by atomic mass is 10.2. The molecule has 152 valence electrons. The van der Waals surface area contributed by atoms with E-state index in [1.165, 1.54) is 17.7 Å². The number of hydrogen-bond acceptors (Lipinski definition) is 6. The predicted octanol–water partition coefficient (Wildman–Crippen LogP) is 0.717. The largest absolute Gasteiger partial charge is 0.495 e. The summed E-state index contributed by atoms with van der Waals surface area (Å²) in [7, 11) is 0.621. The number of para-hydroxylation sites is 2. The summed E-state index contributed by atoms with van der Waals surface area (Å²) in [5.74, 6) is 0.892. The molecule has 0 saturated carbocycles. The van der Waals surface area contributed by atoms with Gasteiger partial charge in [-0.15, -0.1) is 0 Å². The summed E-state index contributed by atoms with van der Waals surface area (Å²) in [5, 5.41) is 3.17. The first-order valence-electron chi connectivity index (χ1n) is 10.9. The van der Waals surface area contributed by atoms with Crippen LogP contribution in [0.5, 0.6) is 5.75 Å². The Morgan fingerprint density at radius 1 is 1.11 bits per heavy atom. The van der Waals surface area contributed by atoms with Crippen molar-refractivity contribution < 1.29 is 8.85 Å². The van der Waals surface area contributed by atoms with Crippen molar-refractivity contribution in [2.45, 2.75) is 6.42 Å². The van der Waals surface area contributed by atoms with Gasteiger partial charge in [0.2, 0.25) is 0 Å². The zero-order valence-corrected chi connectivity index (χ0v) is 16.4. The zero-order valence-electron chi connectivity index (χ0n) is 19.4. The minimum absolute atomic E-state index is 0.329. The Kier molecular flexibility index (Phi) is 5.20. The zero-order chi connectivity index (χ0) is 22.6. The van der Waals surface area contributed by atoms with E-state index in [1.807, 2.05) is 12.1 Å². The number of anilines is 2. The number of ether oxygens (including phenoxy) is 1. The highest BCUT2D eigenvalue weighted by molar-refractivity contribution is 5.58. The standard InChI is InChI=1S/C20H29N5O3/c1-22-18(15-19(26)23(2)20(22)27)21-9-6-10-24-11-13-25(14-12-24)16-7-4-5-8-17(16)28-3/h4-5,7-8,15,21H,6,9-14H2,1-3H3/i3D3. The Labute approximate surface area is 169 Å². The lowest BCUT2D eigenvalue weighted by molar-refractivity contribution is 0.256. The molecule has 2 aromatic rings. The van der Waals surface area contributed by atoms with Crippen LogP contribution in [0.15, 0.2) is 39.9 Å². The van der Waals surface area contributed by atoms with Crippen molar-refractivity contribution in [3.8, 4) is 5.75 Å². The van der Waals surface area contributed by atoms with Gasteiger partial charge in [0.25, 0.3) is 5.56 Å². The van der Waals surface area contributed by atoms with Crippen molar-refractivity contribution in [1.29, 1.82) is 0 Å². The van der Waals surface area contributed by atoms with Crippen LogP contribution in [0.4, 0.5) is 11.5 Å². The average Bonchev–Trinajstić information content (AvgIpc) is 2.73. The number of aromatic nitrogens is 2. The molecule has 0 aliphatic carbocycles. The molecule has 8 heteroatoms. The van der Waals surface area contributed by atoms with Gasteiger partial charge in [-0.25, -0.2) is 4.79 Å². The highest BCUT2D eigenvalue weighted by Crippen LogP contribution is 2.28. The molecule has 1 aliphatic heterocycles. The first-order valence-corrected chi connectivity index (χ1v) is 9.42. The van der Waals surface area contributed by atoms with Gasteiger partial charge in [0.15, 0.2) is 0 Å². The van der Waals surface area contributed by atoms with E-state index in [9.17, 15) is 9.59 Å². The fourth-order valence-corrected chi connectivity index (χ4v) is 3.44. The lowest BCUT2D eigenvalue weighted by Crippen LogP contribution is -2.47. The molecule has 0 bridgehead atoms. The summed E-state index contributed by atoms with van der Waals surface area (Å²) < 4.78 is 29.7. The Balaban J connectivity index is 1.48. The molecule has 28 heavy (non-hydrogen) atoms. The van der Waals surface area contributed by atoms with Crippen molar-refractivity contribution in [3.63, 3.8) is 0 Å². The number of rotatable bonds is 7. The van der Waals surface area contributed by atoms with E-state index in [0.717, 1.165) is 49.4 Å². The van der Waals surface area contributed by atoms with Gasteiger partial charge in [-0.05, 0) is 25.1 Å². The summed E-state index contributed by atoms with van der Waals surface area (Å²) in [6, 6.07) is 8.65. The first kappa shape index (κ1) is 16.2. The highest BCUT2D eigenvalue weighted by atomic mass is 16.5. The van der Waals surface area contributed by atoms with E-state index >= 15 is 0 Å². The van der Waals surface area contributed by atoms with Gasteiger partial charge in [0, 0.05) is 52.9 Å². The maximum Gasteiger partial charge on any atom is 0.332 e. The van der Waals surface area contributed by atoms with Crippen LogP contribution >= 0.6 is 0 Å². The molecular formula is C20H29N5O3. The van der Waals surface area contributed by atoms with Crippen molar-refractivity contribution in [2.75, 3.05) is 56.5 Å². The number of benzene rings is 1.